The van der Waals surface area contributed by atoms with Gasteiger partial charge < -0.3 is 10.2 Å². The summed E-state index contributed by atoms with van der Waals surface area (Å²) in [6.45, 7) is 0. The first-order valence-electron chi connectivity index (χ1n) is 9.81. The maximum atomic E-state index is 10.6. The van der Waals surface area contributed by atoms with E-state index in [-0.39, 0.29) is 30.6 Å². The van der Waals surface area contributed by atoms with Crippen molar-refractivity contribution in [2.45, 2.75) is 0 Å². The van der Waals surface area contributed by atoms with Crippen molar-refractivity contribution in [2.24, 2.45) is 20.5 Å². The Hall–Kier alpha value is -4.50. The van der Waals surface area contributed by atoms with Gasteiger partial charge >= 0.3 is 11.9 Å². The summed E-state index contributed by atoms with van der Waals surface area (Å²) in [6, 6.07) is 19.3. The summed E-state index contributed by atoms with van der Waals surface area (Å²) < 4.78 is 0. The average molecular weight is 556 g/mol. The molecule has 0 saturated carbocycles. The van der Waals surface area contributed by atoms with Crippen LogP contribution in [0, 0.1) is 0 Å². The van der Waals surface area contributed by atoms with Gasteiger partial charge in [0.15, 0.2) is 0 Å². The summed E-state index contributed by atoms with van der Waals surface area (Å²) in [5.41, 5.74) is 3.06. The Kier molecular flexibility index (Phi) is 10.6. The summed E-state index contributed by atoms with van der Waals surface area (Å²) in [5, 5.41) is 33.4. The van der Waals surface area contributed by atoms with E-state index in [4.69, 9.17) is 10.2 Å². The number of rotatable bonds is 6. The van der Waals surface area contributed by atoms with Crippen LogP contribution in [0.2, 0.25) is 0 Å². The van der Waals surface area contributed by atoms with Gasteiger partial charge in [0, 0.05) is 44.3 Å². The minimum absolute atomic E-state index is 0. The van der Waals surface area contributed by atoms with Gasteiger partial charge in [-0.3, -0.25) is 9.97 Å². The fourth-order valence-electron chi connectivity index (χ4n) is 2.39. The fourth-order valence-corrected chi connectivity index (χ4v) is 2.39. The second-order valence-corrected chi connectivity index (χ2v) is 6.51. The first-order valence-corrected chi connectivity index (χ1v) is 9.81. The molecule has 0 bridgehead atoms. The van der Waals surface area contributed by atoms with Crippen molar-refractivity contribution >= 4 is 34.7 Å². The van der Waals surface area contributed by atoms with Crippen molar-refractivity contribution in [3.05, 3.63) is 109 Å². The van der Waals surface area contributed by atoms with Crippen LogP contribution >= 0.6 is 0 Å². The summed E-state index contributed by atoms with van der Waals surface area (Å²) in [4.78, 5) is 29.0. The van der Waals surface area contributed by atoms with Crippen molar-refractivity contribution in [1.29, 1.82) is 0 Å². The van der Waals surface area contributed by atoms with Crippen molar-refractivity contribution < 1.29 is 39.3 Å². The molecule has 0 aliphatic heterocycles. The van der Waals surface area contributed by atoms with Crippen LogP contribution in [0.3, 0.4) is 0 Å². The van der Waals surface area contributed by atoms with Gasteiger partial charge in [0.25, 0.3) is 0 Å². The SMILES string of the molecule is O=C(O)c1ccc(N=Nc2ccncc2)cc1.O=C(O)c1ccc(N=Nc2ccncc2)cc1.[Ru]. The van der Waals surface area contributed by atoms with Crippen LogP contribution in [0.1, 0.15) is 20.7 Å². The molecule has 0 spiro atoms. The normalized spacial score (nSPS) is 10.3. The summed E-state index contributed by atoms with van der Waals surface area (Å²) >= 11 is 0. The molecular formula is C24H18N6O4Ru. The standard InChI is InChI=1S/2C12H9N3O2.Ru/c2*16-12(17)9-1-3-10(4-2-9)14-15-11-5-7-13-8-6-11;/h2*1-8H,(H,16,17);. The molecule has 0 unspecified atom stereocenters. The van der Waals surface area contributed by atoms with Crippen molar-refractivity contribution in [3.63, 3.8) is 0 Å². The minimum Gasteiger partial charge on any atom is -0.478 e. The van der Waals surface area contributed by atoms with E-state index in [1.165, 1.54) is 24.3 Å². The van der Waals surface area contributed by atoms with E-state index in [0.29, 0.717) is 22.7 Å². The van der Waals surface area contributed by atoms with Crippen molar-refractivity contribution in [1.82, 2.24) is 9.97 Å². The van der Waals surface area contributed by atoms with Crippen LogP contribution < -0.4 is 0 Å². The minimum atomic E-state index is -0.956. The van der Waals surface area contributed by atoms with Gasteiger partial charge in [-0.2, -0.15) is 20.5 Å². The van der Waals surface area contributed by atoms with Crippen molar-refractivity contribution in [3.8, 4) is 0 Å². The summed E-state index contributed by atoms with van der Waals surface area (Å²) in [7, 11) is 0. The molecule has 11 heteroatoms. The molecule has 0 saturated heterocycles. The topological polar surface area (TPSA) is 150 Å². The molecule has 0 atom stereocenters. The number of hydrogen-bond acceptors (Lipinski definition) is 8. The number of carbonyl (C=O) groups is 2. The molecule has 2 heterocycles. The number of pyridine rings is 2. The molecule has 0 amide bonds. The molecule has 0 fully saturated rings. The Balaban J connectivity index is 0.000000240. The van der Waals surface area contributed by atoms with E-state index in [1.807, 2.05) is 0 Å². The van der Waals surface area contributed by atoms with Gasteiger partial charge in [-0.25, -0.2) is 9.59 Å². The average Bonchev–Trinajstić information content (AvgIpc) is 2.88. The van der Waals surface area contributed by atoms with Gasteiger partial charge in [0.1, 0.15) is 0 Å². The number of aromatic nitrogens is 2. The predicted molar refractivity (Wildman–Crippen MR) is 124 cm³/mol. The monoisotopic (exact) mass is 556 g/mol. The van der Waals surface area contributed by atoms with Crippen LogP contribution in [0.4, 0.5) is 22.7 Å². The fraction of sp³-hybridized carbons (Fsp3) is 0. The van der Waals surface area contributed by atoms with Gasteiger partial charge in [0.2, 0.25) is 0 Å². The van der Waals surface area contributed by atoms with E-state index >= 15 is 0 Å². The van der Waals surface area contributed by atoms with Gasteiger partial charge in [-0.05, 0) is 72.8 Å². The molecule has 0 aliphatic carbocycles. The zero-order chi connectivity index (χ0) is 24.2. The number of carboxylic acid groups (broad SMARTS) is 2. The Labute approximate surface area is 212 Å². The number of hydrogen-bond donors (Lipinski definition) is 2. The Morgan fingerprint density at radius 3 is 1.00 bits per heavy atom. The molecule has 2 N–H and O–H groups in total. The van der Waals surface area contributed by atoms with Crippen LogP contribution in [-0.4, -0.2) is 32.1 Å². The molecule has 4 aromatic rings. The van der Waals surface area contributed by atoms with Crippen LogP contribution in [0.25, 0.3) is 0 Å². The van der Waals surface area contributed by atoms with Crippen LogP contribution in [-0.2, 0) is 19.5 Å². The molecule has 2 aromatic carbocycles. The Morgan fingerprint density at radius 2 is 0.743 bits per heavy atom. The number of benzene rings is 2. The first kappa shape index (κ1) is 26.8. The number of carboxylic acids is 2. The summed E-state index contributed by atoms with van der Waals surface area (Å²) in [5.74, 6) is -1.91. The molecule has 10 nitrogen and oxygen atoms in total. The third-order valence-electron chi connectivity index (χ3n) is 4.12. The second-order valence-electron chi connectivity index (χ2n) is 6.51. The third kappa shape index (κ3) is 9.11. The van der Waals surface area contributed by atoms with E-state index in [1.54, 1.807) is 73.3 Å². The quantitative estimate of drug-likeness (QED) is 0.208. The van der Waals surface area contributed by atoms with Gasteiger partial charge in [0.05, 0.1) is 33.9 Å². The first-order chi connectivity index (χ1) is 16.5. The number of aromatic carboxylic acids is 2. The molecule has 0 radical (unpaired) electrons. The third-order valence-corrected chi connectivity index (χ3v) is 4.12. The zero-order valence-corrected chi connectivity index (χ0v) is 19.7. The molecule has 176 valence electrons. The zero-order valence-electron chi connectivity index (χ0n) is 18.0. The molecule has 0 aliphatic rings. The maximum Gasteiger partial charge on any atom is 0.335 e. The number of azo groups is 2. The largest absolute Gasteiger partial charge is 0.478 e. The Bertz CT molecular complexity index is 1180. The molecule has 4 rings (SSSR count). The Morgan fingerprint density at radius 1 is 0.486 bits per heavy atom. The van der Waals surface area contributed by atoms with Crippen molar-refractivity contribution in [2.75, 3.05) is 0 Å². The van der Waals surface area contributed by atoms with Crippen LogP contribution in [0.15, 0.2) is 118 Å². The van der Waals surface area contributed by atoms with Gasteiger partial charge in [-0.1, -0.05) is 0 Å². The maximum absolute atomic E-state index is 10.6. The second kappa shape index (κ2) is 13.9. The van der Waals surface area contributed by atoms with Gasteiger partial charge in [-0.15, -0.1) is 0 Å². The molecular weight excluding hydrogens is 537 g/mol. The smallest absolute Gasteiger partial charge is 0.335 e. The van der Waals surface area contributed by atoms with E-state index in [9.17, 15) is 9.59 Å². The molecule has 35 heavy (non-hydrogen) atoms. The van der Waals surface area contributed by atoms with E-state index in [2.05, 4.69) is 30.4 Å². The summed E-state index contributed by atoms with van der Waals surface area (Å²) in [6.07, 6.45) is 6.51. The predicted octanol–water partition coefficient (Wildman–Crippen LogP) is 6.39. The molecule has 2 aromatic heterocycles. The van der Waals surface area contributed by atoms with E-state index < -0.39 is 11.9 Å². The van der Waals surface area contributed by atoms with E-state index in [0.717, 1.165) is 0 Å². The van der Waals surface area contributed by atoms with Crippen LogP contribution in [0.5, 0.6) is 0 Å². The number of nitrogens with zero attached hydrogens (tertiary/aromatic N) is 6.